The topological polar surface area (TPSA) is 3.24 Å². The van der Waals surface area contributed by atoms with Gasteiger partial charge in [0.15, 0.2) is 0 Å². The van der Waals surface area contributed by atoms with Crippen molar-refractivity contribution in [3.05, 3.63) is 224 Å². The molecule has 0 aliphatic heterocycles. The summed E-state index contributed by atoms with van der Waals surface area (Å²) in [6.07, 6.45) is 0. The second kappa shape index (κ2) is 14.0. The Morgan fingerprint density at radius 3 is 1.33 bits per heavy atom. The van der Waals surface area contributed by atoms with E-state index in [1.54, 1.807) is 0 Å². The van der Waals surface area contributed by atoms with Crippen LogP contribution in [0.1, 0.15) is 0 Å². The fourth-order valence-corrected chi connectivity index (χ4v) is 8.27. The highest BCUT2D eigenvalue weighted by Gasteiger charge is 2.18. The SMILES string of the molecule is c1ccc(-c2ccc(N(c3ccc(-c4cccc5cccc(-c6ccccc6)c45)cc3)c3cccc4c(-c5cccc6ccccc56)cccc34)cc2)cc1. The standard InChI is InChI=1S/C54H37N/c1-3-14-38(15-4-1)39-30-34-44(35-31-39)55(53-29-13-27-51-50(26-12-28-52(51)53)49-25-9-19-40-18-7-8-22-46(40)49)45-36-32-42(33-37-45)48-24-11-21-43-20-10-23-47(54(43)48)41-16-5-2-6-17-41/h1-37H. The van der Waals surface area contributed by atoms with Crippen molar-refractivity contribution in [2.45, 2.75) is 0 Å². The van der Waals surface area contributed by atoms with Gasteiger partial charge in [-0.05, 0) is 102 Å². The summed E-state index contributed by atoms with van der Waals surface area (Å²) in [6, 6.07) is 81.4. The van der Waals surface area contributed by atoms with E-state index in [0.29, 0.717) is 0 Å². The van der Waals surface area contributed by atoms with Crippen molar-refractivity contribution in [1.29, 1.82) is 0 Å². The lowest BCUT2D eigenvalue weighted by Crippen LogP contribution is -2.10. The molecule has 0 saturated heterocycles. The Morgan fingerprint density at radius 2 is 0.655 bits per heavy atom. The van der Waals surface area contributed by atoms with Gasteiger partial charge in [-0.25, -0.2) is 0 Å². The summed E-state index contributed by atoms with van der Waals surface area (Å²) < 4.78 is 0. The van der Waals surface area contributed by atoms with Crippen LogP contribution in [0.25, 0.3) is 76.8 Å². The summed E-state index contributed by atoms with van der Waals surface area (Å²) >= 11 is 0. The quantitative estimate of drug-likeness (QED) is 0.160. The maximum Gasteiger partial charge on any atom is 0.0540 e. The first-order valence-corrected chi connectivity index (χ1v) is 18.9. The van der Waals surface area contributed by atoms with Gasteiger partial charge in [0.25, 0.3) is 0 Å². The molecule has 10 rings (SSSR count). The summed E-state index contributed by atoms with van der Waals surface area (Å²) in [5.41, 5.74) is 13.1. The monoisotopic (exact) mass is 699 g/mol. The minimum absolute atomic E-state index is 1.10. The molecule has 1 nitrogen and oxygen atoms in total. The van der Waals surface area contributed by atoms with Crippen molar-refractivity contribution < 1.29 is 0 Å². The number of rotatable bonds is 7. The van der Waals surface area contributed by atoms with Gasteiger partial charge in [0, 0.05) is 16.8 Å². The van der Waals surface area contributed by atoms with Gasteiger partial charge < -0.3 is 4.90 Å². The molecule has 10 aromatic rings. The zero-order chi connectivity index (χ0) is 36.6. The van der Waals surface area contributed by atoms with Gasteiger partial charge in [0.1, 0.15) is 0 Å². The molecule has 0 bridgehead atoms. The van der Waals surface area contributed by atoms with Crippen molar-refractivity contribution in [1.82, 2.24) is 0 Å². The Kier molecular flexibility index (Phi) is 8.24. The van der Waals surface area contributed by atoms with Crippen molar-refractivity contribution in [2.24, 2.45) is 0 Å². The van der Waals surface area contributed by atoms with Gasteiger partial charge in [-0.2, -0.15) is 0 Å². The molecule has 0 amide bonds. The second-order valence-corrected chi connectivity index (χ2v) is 14.1. The Morgan fingerprint density at radius 1 is 0.236 bits per heavy atom. The first-order valence-electron chi connectivity index (χ1n) is 18.9. The summed E-state index contributed by atoms with van der Waals surface area (Å²) in [7, 11) is 0. The molecular formula is C54H37N. The lowest BCUT2D eigenvalue weighted by molar-refractivity contribution is 1.30. The molecule has 0 fully saturated rings. The molecule has 0 unspecified atom stereocenters. The molecule has 0 atom stereocenters. The van der Waals surface area contributed by atoms with E-state index in [1.807, 2.05) is 0 Å². The maximum absolute atomic E-state index is 2.41. The molecule has 0 aliphatic rings. The first-order chi connectivity index (χ1) is 27.3. The normalized spacial score (nSPS) is 11.3. The smallest absolute Gasteiger partial charge is 0.0540 e. The van der Waals surface area contributed by atoms with Crippen LogP contribution in [0.4, 0.5) is 17.1 Å². The van der Waals surface area contributed by atoms with Crippen LogP contribution in [-0.2, 0) is 0 Å². The van der Waals surface area contributed by atoms with E-state index >= 15 is 0 Å². The minimum Gasteiger partial charge on any atom is -0.310 e. The highest BCUT2D eigenvalue weighted by atomic mass is 15.1. The van der Waals surface area contributed by atoms with Crippen LogP contribution in [-0.4, -0.2) is 0 Å². The molecule has 10 aromatic carbocycles. The lowest BCUT2D eigenvalue weighted by Gasteiger charge is -2.28. The molecule has 55 heavy (non-hydrogen) atoms. The van der Waals surface area contributed by atoms with E-state index in [1.165, 1.54) is 76.8 Å². The van der Waals surface area contributed by atoms with Crippen molar-refractivity contribution in [2.75, 3.05) is 4.90 Å². The van der Waals surface area contributed by atoms with E-state index in [9.17, 15) is 0 Å². The summed E-state index contributed by atoms with van der Waals surface area (Å²) in [5, 5.41) is 7.44. The van der Waals surface area contributed by atoms with Crippen LogP contribution in [0.15, 0.2) is 224 Å². The molecule has 0 heterocycles. The number of anilines is 3. The summed E-state index contributed by atoms with van der Waals surface area (Å²) in [4.78, 5) is 2.41. The molecule has 0 aliphatic carbocycles. The number of hydrogen-bond acceptors (Lipinski definition) is 1. The van der Waals surface area contributed by atoms with Crippen LogP contribution >= 0.6 is 0 Å². The maximum atomic E-state index is 2.41. The predicted octanol–water partition coefficient (Wildman–Crippen LogP) is 15.3. The second-order valence-electron chi connectivity index (χ2n) is 14.1. The van der Waals surface area contributed by atoms with Gasteiger partial charge in [-0.15, -0.1) is 0 Å². The largest absolute Gasteiger partial charge is 0.310 e. The number of benzene rings is 10. The summed E-state index contributed by atoms with van der Waals surface area (Å²) in [5.74, 6) is 0. The fourth-order valence-electron chi connectivity index (χ4n) is 8.27. The van der Waals surface area contributed by atoms with Gasteiger partial charge in [-0.3, -0.25) is 0 Å². The Balaban J connectivity index is 1.13. The molecule has 0 N–H and O–H groups in total. The summed E-state index contributed by atoms with van der Waals surface area (Å²) in [6.45, 7) is 0. The third kappa shape index (κ3) is 5.93. The molecule has 258 valence electrons. The van der Waals surface area contributed by atoms with E-state index < -0.39 is 0 Å². The third-order valence-electron chi connectivity index (χ3n) is 10.9. The Hall–Kier alpha value is -7.22. The zero-order valence-electron chi connectivity index (χ0n) is 30.3. The zero-order valence-corrected chi connectivity index (χ0v) is 30.3. The number of fused-ring (bicyclic) bond motifs is 3. The third-order valence-corrected chi connectivity index (χ3v) is 10.9. The molecule has 0 aromatic heterocycles. The van der Waals surface area contributed by atoms with Gasteiger partial charge in [0.2, 0.25) is 0 Å². The Labute approximate surface area is 322 Å². The lowest BCUT2D eigenvalue weighted by atomic mass is 9.91. The molecule has 1 heteroatoms. The Bertz CT molecular complexity index is 2940. The predicted molar refractivity (Wildman–Crippen MR) is 235 cm³/mol. The van der Waals surface area contributed by atoms with Crippen LogP contribution in [0.2, 0.25) is 0 Å². The minimum atomic E-state index is 1.10. The average Bonchev–Trinajstić information content (AvgIpc) is 3.27. The molecule has 0 spiro atoms. The van der Waals surface area contributed by atoms with Gasteiger partial charge >= 0.3 is 0 Å². The van der Waals surface area contributed by atoms with Gasteiger partial charge in [-0.1, -0.05) is 194 Å². The molecule has 0 radical (unpaired) electrons. The average molecular weight is 700 g/mol. The van der Waals surface area contributed by atoms with Crippen molar-refractivity contribution in [3.8, 4) is 44.5 Å². The van der Waals surface area contributed by atoms with Crippen LogP contribution in [0.3, 0.4) is 0 Å². The molecule has 0 saturated carbocycles. The number of nitrogens with zero attached hydrogens (tertiary/aromatic N) is 1. The molecular weight excluding hydrogens is 663 g/mol. The van der Waals surface area contributed by atoms with E-state index in [0.717, 1.165) is 17.1 Å². The first kappa shape index (κ1) is 32.4. The van der Waals surface area contributed by atoms with Crippen molar-refractivity contribution >= 4 is 49.4 Å². The van der Waals surface area contributed by atoms with Gasteiger partial charge in [0.05, 0.1) is 5.69 Å². The van der Waals surface area contributed by atoms with E-state index in [4.69, 9.17) is 0 Å². The van der Waals surface area contributed by atoms with Crippen LogP contribution in [0, 0.1) is 0 Å². The van der Waals surface area contributed by atoms with Crippen LogP contribution < -0.4 is 4.90 Å². The van der Waals surface area contributed by atoms with Crippen molar-refractivity contribution in [3.63, 3.8) is 0 Å². The highest BCUT2D eigenvalue weighted by molar-refractivity contribution is 6.10. The van der Waals surface area contributed by atoms with E-state index in [2.05, 4.69) is 229 Å². The fraction of sp³-hybridized carbons (Fsp3) is 0. The number of hydrogen-bond donors (Lipinski definition) is 0. The van der Waals surface area contributed by atoms with Crippen LogP contribution in [0.5, 0.6) is 0 Å². The highest BCUT2D eigenvalue weighted by Crippen LogP contribution is 2.44. The van der Waals surface area contributed by atoms with E-state index in [-0.39, 0.29) is 0 Å².